The second-order valence-corrected chi connectivity index (χ2v) is 7.32. The largest absolute Gasteiger partial charge is 0.481 e. The molecule has 2 rings (SSSR count). The predicted molar refractivity (Wildman–Crippen MR) is 104 cm³/mol. The van der Waals surface area contributed by atoms with Crippen LogP contribution in [0.2, 0.25) is 5.02 Å². The highest BCUT2D eigenvalue weighted by molar-refractivity contribution is 6.31. The lowest BCUT2D eigenvalue weighted by Crippen LogP contribution is -2.48. The summed E-state index contributed by atoms with van der Waals surface area (Å²) in [6.45, 7) is 3.91. The number of hydrogen-bond donors (Lipinski definition) is 3. The molecule has 0 spiro atoms. The van der Waals surface area contributed by atoms with E-state index in [1.165, 1.54) is 0 Å². The van der Waals surface area contributed by atoms with E-state index < -0.39 is 12.0 Å². The Labute approximate surface area is 162 Å². The summed E-state index contributed by atoms with van der Waals surface area (Å²) >= 11 is 6.01. The summed E-state index contributed by atoms with van der Waals surface area (Å²) in [5, 5.41) is 15.4. The van der Waals surface area contributed by atoms with Gasteiger partial charge in [0, 0.05) is 29.5 Å². The molecule has 2 amide bonds. The lowest BCUT2D eigenvalue weighted by Gasteiger charge is -2.20. The summed E-state index contributed by atoms with van der Waals surface area (Å²) < 4.78 is 1.75. The average molecular weight is 394 g/mol. The molecule has 0 bridgehead atoms. The van der Waals surface area contributed by atoms with Gasteiger partial charge < -0.3 is 20.3 Å². The number of fused-ring (bicyclic) bond motifs is 1. The van der Waals surface area contributed by atoms with Crippen molar-refractivity contribution in [1.29, 1.82) is 0 Å². The van der Waals surface area contributed by atoms with Gasteiger partial charge in [-0.1, -0.05) is 25.4 Å². The molecule has 0 radical (unpaired) electrons. The number of amides is 2. The van der Waals surface area contributed by atoms with Crippen molar-refractivity contribution in [2.45, 2.75) is 32.7 Å². The van der Waals surface area contributed by atoms with Crippen LogP contribution in [0.1, 0.15) is 37.2 Å². The van der Waals surface area contributed by atoms with Crippen LogP contribution < -0.4 is 10.6 Å². The fraction of sp³-hybridized carbons (Fsp3) is 0.421. The molecule has 7 nitrogen and oxygen atoms in total. The van der Waals surface area contributed by atoms with Gasteiger partial charge in [-0.2, -0.15) is 0 Å². The fourth-order valence-corrected chi connectivity index (χ4v) is 3.07. The molecule has 2 aromatic rings. The normalized spacial score (nSPS) is 12.2. The van der Waals surface area contributed by atoms with Gasteiger partial charge >= 0.3 is 5.97 Å². The van der Waals surface area contributed by atoms with Gasteiger partial charge in [0.1, 0.15) is 11.7 Å². The van der Waals surface area contributed by atoms with E-state index in [0.29, 0.717) is 17.1 Å². The van der Waals surface area contributed by atoms with Crippen LogP contribution in [-0.2, 0) is 16.6 Å². The van der Waals surface area contributed by atoms with Crippen molar-refractivity contribution in [1.82, 2.24) is 15.2 Å². The molecular weight excluding hydrogens is 370 g/mol. The second-order valence-electron chi connectivity index (χ2n) is 6.88. The van der Waals surface area contributed by atoms with Crippen LogP contribution in [0.15, 0.2) is 24.3 Å². The van der Waals surface area contributed by atoms with Crippen LogP contribution in [0.4, 0.5) is 0 Å². The van der Waals surface area contributed by atoms with Gasteiger partial charge in [0.05, 0.1) is 6.42 Å². The summed E-state index contributed by atoms with van der Waals surface area (Å²) in [4.78, 5) is 35.7. The van der Waals surface area contributed by atoms with E-state index in [-0.39, 0.29) is 30.7 Å². The highest BCUT2D eigenvalue weighted by Crippen LogP contribution is 2.22. The van der Waals surface area contributed by atoms with Gasteiger partial charge in [0.25, 0.3) is 5.91 Å². The van der Waals surface area contributed by atoms with E-state index in [4.69, 9.17) is 16.7 Å². The van der Waals surface area contributed by atoms with Crippen LogP contribution in [0, 0.1) is 5.92 Å². The molecule has 0 aliphatic rings. The van der Waals surface area contributed by atoms with Crippen LogP contribution in [0.3, 0.4) is 0 Å². The lowest BCUT2D eigenvalue weighted by atomic mass is 10.0. The second kappa shape index (κ2) is 8.90. The molecule has 0 fully saturated rings. The molecule has 146 valence electrons. The van der Waals surface area contributed by atoms with E-state index in [0.717, 1.165) is 10.9 Å². The molecule has 1 aromatic carbocycles. The Kier molecular flexibility index (Phi) is 6.85. The number of aryl methyl sites for hydroxylation is 1. The van der Waals surface area contributed by atoms with E-state index in [1.54, 1.807) is 29.8 Å². The molecular formula is C19H24ClN3O4. The summed E-state index contributed by atoms with van der Waals surface area (Å²) in [7, 11) is 1.77. The first kappa shape index (κ1) is 20.8. The fourth-order valence-electron chi connectivity index (χ4n) is 2.89. The number of carboxylic acid groups (broad SMARTS) is 1. The molecule has 1 aromatic heterocycles. The van der Waals surface area contributed by atoms with Crippen molar-refractivity contribution < 1.29 is 19.5 Å². The third-order valence-corrected chi connectivity index (χ3v) is 4.44. The van der Waals surface area contributed by atoms with Gasteiger partial charge in [-0.25, -0.2) is 0 Å². The number of carbonyl (C=O) groups excluding carboxylic acids is 2. The predicted octanol–water partition coefficient (Wildman–Crippen LogP) is 2.57. The quantitative estimate of drug-likeness (QED) is 0.641. The zero-order chi connectivity index (χ0) is 20.1. The van der Waals surface area contributed by atoms with Crippen molar-refractivity contribution in [2.75, 3.05) is 6.54 Å². The zero-order valence-electron chi connectivity index (χ0n) is 15.6. The maximum atomic E-state index is 12.8. The lowest BCUT2D eigenvalue weighted by molar-refractivity contribution is -0.137. The number of halogens is 1. The maximum absolute atomic E-state index is 12.8. The number of benzene rings is 1. The molecule has 0 saturated heterocycles. The van der Waals surface area contributed by atoms with Crippen LogP contribution in [0.25, 0.3) is 10.9 Å². The minimum Gasteiger partial charge on any atom is -0.481 e. The number of aliphatic carboxylic acids is 1. The molecule has 3 N–H and O–H groups in total. The van der Waals surface area contributed by atoms with Gasteiger partial charge in [0.15, 0.2) is 0 Å². The number of carbonyl (C=O) groups is 3. The number of carboxylic acids is 1. The van der Waals surface area contributed by atoms with Crippen LogP contribution in [0.5, 0.6) is 0 Å². The number of nitrogens with one attached hydrogen (secondary N) is 2. The summed E-state index contributed by atoms with van der Waals surface area (Å²) in [5.74, 6) is -1.58. The summed E-state index contributed by atoms with van der Waals surface area (Å²) in [6.07, 6.45) is 0.276. The first-order valence-corrected chi connectivity index (χ1v) is 9.12. The molecule has 1 unspecified atom stereocenters. The van der Waals surface area contributed by atoms with E-state index in [2.05, 4.69) is 10.6 Å². The molecule has 1 atom stereocenters. The van der Waals surface area contributed by atoms with Crippen LogP contribution in [-0.4, -0.2) is 40.0 Å². The Bertz CT molecular complexity index is 860. The molecule has 0 aliphatic heterocycles. The molecule has 1 heterocycles. The number of nitrogens with zero attached hydrogens (tertiary/aromatic N) is 1. The minimum absolute atomic E-state index is 0.0190. The van der Waals surface area contributed by atoms with E-state index in [1.807, 2.05) is 19.9 Å². The average Bonchev–Trinajstić information content (AvgIpc) is 2.89. The molecule has 0 aliphatic carbocycles. The van der Waals surface area contributed by atoms with Crippen molar-refractivity contribution in [2.24, 2.45) is 13.0 Å². The van der Waals surface area contributed by atoms with Gasteiger partial charge in [0.2, 0.25) is 5.91 Å². The SMILES string of the molecule is CC(C)CC(NC(=O)c1cc2cc(Cl)ccc2n1C)C(=O)NCCC(=O)O. The zero-order valence-corrected chi connectivity index (χ0v) is 16.3. The van der Waals surface area contributed by atoms with Crippen molar-refractivity contribution in [3.8, 4) is 0 Å². The Hall–Kier alpha value is -2.54. The monoisotopic (exact) mass is 393 g/mol. The highest BCUT2D eigenvalue weighted by atomic mass is 35.5. The van der Waals surface area contributed by atoms with E-state index >= 15 is 0 Å². The van der Waals surface area contributed by atoms with Gasteiger partial charge in [-0.15, -0.1) is 0 Å². The smallest absolute Gasteiger partial charge is 0.305 e. The number of aromatic nitrogens is 1. The third kappa shape index (κ3) is 5.47. The standard InChI is InChI=1S/C19H24ClN3O4/c1-11(2)8-14(18(26)21-7-6-17(24)25)22-19(27)16-10-12-9-13(20)4-5-15(12)23(16)3/h4-5,9-11,14H,6-8H2,1-3H3,(H,21,26)(H,22,27)(H,24,25). The first-order chi connectivity index (χ1) is 12.7. The van der Waals surface area contributed by atoms with Crippen molar-refractivity contribution in [3.05, 3.63) is 35.0 Å². The molecule has 27 heavy (non-hydrogen) atoms. The number of hydrogen-bond acceptors (Lipinski definition) is 3. The topological polar surface area (TPSA) is 100 Å². The minimum atomic E-state index is -0.992. The summed E-state index contributed by atoms with van der Waals surface area (Å²) in [5.41, 5.74) is 1.27. The Morgan fingerprint density at radius 2 is 1.93 bits per heavy atom. The molecule has 0 saturated carbocycles. The summed E-state index contributed by atoms with van der Waals surface area (Å²) in [6, 6.07) is 6.35. The highest BCUT2D eigenvalue weighted by Gasteiger charge is 2.24. The van der Waals surface area contributed by atoms with Crippen molar-refractivity contribution in [3.63, 3.8) is 0 Å². The Balaban J connectivity index is 2.16. The number of rotatable bonds is 8. The Morgan fingerprint density at radius 3 is 2.56 bits per heavy atom. The van der Waals surface area contributed by atoms with Crippen LogP contribution >= 0.6 is 11.6 Å². The van der Waals surface area contributed by atoms with Gasteiger partial charge in [-0.3, -0.25) is 14.4 Å². The third-order valence-electron chi connectivity index (χ3n) is 4.20. The Morgan fingerprint density at radius 1 is 1.22 bits per heavy atom. The first-order valence-electron chi connectivity index (χ1n) is 8.74. The van der Waals surface area contributed by atoms with Crippen molar-refractivity contribution >= 4 is 40.3 Å². The maximum Gasteiger partial charge on any atom is 0.305 e. The van der Waals surface area contributed by atoms with E-state index in [9.17, 15) is 14.4 Å². The molecule has 8 heteroatoms. The van der Waals surface area contributed by atoms with Gasteiger partial charge in [-0.05, 0) is 36.6 Å².